The Kier molecular flexibility index (Phi) is 7.17. The van der Waals surface area contributed by atoms with Crippen molar-refractivity contribution in [1.82, 2.24) is 10.6 Å². The van der Waals surface area contributed by atoms with Crippen LogP contribution in [0.25, 0.3) is 11.1 Å². The number of aliphatic carboxylic acids is 1. The summed E-state index contributed by atoms with van der Waals surface area (Å²) in [6, 6.07) is 15.0. The highest BCUT2D eigenvalue weighted by atomic mass is 16.5. The number of ether oxygens (including phenoxy) is 2. The van der Waals surface area contributed by atoms with E-state index in [9.17, 15) is 19.5 Å². The molecule has 8 heteroatoms. The average molecular weight is 467 g/mol. The molecular weight excluding hydrogens is 436 g/mol. The van der Waals surface area contributed by atoms with Gasteiger partial charge in [-0.3, -0.25) is 4.79 Å². The lowest BCUT2D eigenvalue weighted by Gasteiger charge is -2.35. The van der Waals surface area contributed by atoms with Crippen molar-refractivity contribution in [3.63, 3.8) is 0 Å². The van der Waals surface area contributed by atoms with Gasteiger partial charge in [0.2, 0.25) is 5.91 Å². The molecule has 2 amide bonds. The van der Waals surface area contributed by atoms with Crippen LogP contribution in [0.5, 0.6) is 0 Å². The molecule has 1 fully saturated rings. The molecule has 0 radical (unpaired) electrons. The van der Waals surface area contributed by atoms with E-state index < -0.39 is 29.6 Å². The van der Waals surface area contributed by atoms with Crippen molar-refractivity contribution >= 4 is 18.0 Å². The van der Waals surface area contributed by atoms with Crippen molar-refractivity contribution < 1.29 is 29.0 Å². The predicted octanol–water partition coefficient (Wildman–Crippen LogP) is 3.44. The van der Waals surface area contributed by atoms with E-state index in [1.807, 2.05) is 36.4 Å². The van der Waals surface area contributed by atoms with E-state index in [1.54, 1.807) is 0 Å². The highest BCUT2D eigenvalue weighted by Crippen LogP contribution is 2.44. The van der Waals surface area contributed by atoms with Gasteiger partial charge >= 0.3 is 12.1 Å². The van der Waals surface area contributed by atoms with Gasteiger partial charge in [0.15, 0.2) is 0 Å². The summed E-state index contributed by atoms with van der Waals surface area (Å²) < 4.78 is 10.6. The Balaban J connectivity index is 1.41. The van der Waals surface area contributed by atoms with Crippen molar-refractivity contribution in [1.29, 1.82) is 0 Å². The fourth-order valence-electron chi connectivity index (χ4n) is 5.00. The third-order valence-electron chi connectivity index (χ3n) is 6.76. The summed E-state index contributed by atoms with van der Waals surface area (Å²) in [5.74, 6) is -1.76. The zero-order chi connectivity index (χ0) is 24.1. The van der Waals surface area contributed by atoms with E-state index in [-0.39, 0.29) is 19.1 Å². The minimum absolute atomic E-state index is 0.105. The van der Waals surface area contributed by atoms with Gasteiger partial charge < -0.3 is 25.2 Å². The average Bonchev–Trinajstić information content (AvgIpc) is 3.16. The number of carboxylic acids is 1. The first kappa shape index (κ1) is 23.8. The largest absolute Gasteiger partial charge is 0.480 e. The molecule has 0 heterocycles. The van der Waals surface area contributed by atoms with Gasteiger partial charge in [0.05, 0.1) is 6.61 Å². The van der Waals surface area contributed by atoms with Crippen LogP contribution in [0, 0.1) is 0 Å². The Morgan fingerprint density at radius 1 is 1.00 bits per heavy atom. The number of carboxylic acid groups (broad SMARTS) is 1. The minimum Gasteiger partial charge on any atom is -0.480 e. The van der Waals surface area contributed by atoms with Crippen molar-refractivity contribution in [3.05, 3.63) is 59.7 Å². The van der Waals surface area contributed by atoms with Crippen LogP contribution in [0.15, 0.2) is 48.5 Å². The SMILES string of the molecule is COCC(NC(=O)OCC1c2ccccc2-c2ccccc21)C(=O)NC1(C(=O)O)CCCCC1. The van der Waals surface area contributed by atoms with Gasteiger partial charge in [-0.2, -0.15) is 0 Å². The number of carbonyl (C=O) groups is 3. The molecule has 8 nitrogen and oxygen atoms in total. The summed E-state index contributed by atoms with van der Waals surface area (Å²) in [4.78, 5) is 37.5. The lowest BCUT2D eigenvalue weighted by atomic mass is 9.81. The number of nitrogens with one attached hydrogen (secondary N) is 2. The summed E-state index contributed by atoms with van der Waals surface area (Å²) in [5, 5.41) is 14.9. The predicted molar refractivity (Wildman–Crippen MR) is 125 cm³/mol. The molecule has 0 bridgehead atoms. The summed E-state index contributed by atoms with van der Waals surface area (Å²) in [7, 11) is 1.41. The maximum Gasteiger partial charge on any atom is 0.407 e. The molecular formula is C26H30N2O6. The molecule has 0 spiro atoms. The van der Waals surface area contributed by atoms with E-state index in [4.69, 9.17) is 9.47 Å². The third kappa shape index (κ3) is 4.77. The number of rotatable bonds is 8. The minimum atomic E-state index is -1.32. The first-order chi connectivity index (χ1) is 16.4. The number of hydrogen-bond acceptors (Lipinski definition) is 5. The van der Waals surface area contributed by atoms with Gasteiger partial charge in [-0.1, -0.05) is 67.8 Å². The van der Waals surface area contributed by atoms with Crippen LogP contribution >= 0.6 is 0 Å². The maximum atomic E-state index is 12.9. The van der Waals surface area contributed by atoms with Gasteiger partial charge in [0, 0.05) is 13.0 Å². The quantitative estimate of drug-likeness (QED) is 0.549. The molecule has 0 aromatic heterocycles. The molecule has 2 aromatic rings. The van der Waals surface area contributed by atoms with Crippen molar-refractivity contribution in [2.24, 2.45) is 0 Å². The Hall–Kier alpha value is -3.39. The molecule has 2 aromatic carbocycles. The van der Waals surface area contributed by atoms with Crippen molar-refractivity contribution in [3.8, 4) is 11.1 Å². The highest BCUT2D eigenvalue weighted by molar-refractivity contribution is 5.91. The van der Waals surface area contributed by atoms with Gasteiger partial charge in [0.25, 0.3) is 0 Å². The third-order valence-corrected chi connectivity index (χ3v) is 6.76. The smallest absolute Gasteiger partial charge is 0.407 e. The zero-order valence-electron chi connectivity index (χ0n) is 19.2. The Morgan fingerprint density at radius 2 is 1.59 bits per heavy atom. The number of hydrogen-bond donors (Lipinski definition) is 3. The molecule has 1 atom stereocenters. The van der Waals surface area contributed by atoms with Crippen LogP contribution in [0.3, 0.4) is 0 Å². The van der Waals surface area contributed by atoms with Crippen LogP contribution in [0.1, 0.15) is 49.1 Å². The van der Waals surface area contributed by atoms with Crippen LogP contribution in [-0.2, 0) is 19.1 Å². The van der Waals surface area contributed by atoms with Crippen LogP contribution < -0.4 is 10.6 Å². The standard InChI is InChI=1S/C26H30N2O6/c1-33-16-22(23(29)28-26(24(30)31)13-7-2-8-14-26)27-25(32)34-15-21-19-11-5-3-9-17(19)18-10-4-6-12-20(18)21/h3-6,9-12,21-22H,2,7-8,13-16H2,1H3,(H,27,32)(H,28,29)(H,30,31). The molecule has 0 aliphatic heterocycles. The van der Waals surface area contributed by atoms with E-state index in [0.717, 1.165) is 41.5 Å². The van der Waals surface area contributed by atoms with Gasteiger partial charge in [0.1, 0.15) is 18.2 Å². The molecule has 0 saturated heterocycles. The van der Waals surface area contributed by atoms with E-state index in [2.05, 4.69) is 22.8 Å². The Bertz CT molecular complexity index is 1020. The lowest BCUT2D eigenvalue weighted by molar-refractivity contribution is -0.149. The normalized spacial score (nSPS) is 17.2. The molecule has 180 valence electrons. The molecule has 1 saturated carbocycles. The highest BCUT2D eigenvalue weighted by Gasteiger charge is 2.42. The molecule has 34 heavy (non-hydrogen) atoms. The van der Waals surface area contributed by atoms with Crippen molar-refractivity contribution in [2.75, 3.05) is 20.3 Å². The topological polar surface area (TPSA) is 114 Å². The van der Waals surface area contributed by atoms with Gasteiger partial charge in [-0.05, 0) is 35.1 Å². The second kappa shape index (κ2) is 10.3. The molecule has 2 aliphatic carbocycles. The lowest BCUT2D eigenvalue weighted by Crippen LogP contribution is -2.61. The summed E-state index contributed by atoms with van der Waals surface area (Å²) in [5.41, 5.74) is 3.10. The fourth-order valence-corrected chi connectivity index (χ4v) is 5.00. The number of methoxy groups -OCH3 is 1. The maximum absolute atomic E-state index is 12.9. The van der Waals surface area contributed by atoms with E-state index >= 15 is 0 Å². The number of alkyl carbamates (subject to hydrolysis) is 1. The van der Waals surface area contributed by atoms with Crippen molar-refractivity contribution in [2.45, 2.75) is 49.6 Å². The van der Waals surface area contributed by atoms with Crippen LogP contribution in [0.2, 0.25) is 0 Å². The molecule has 4 rings (SSSR count). The second-order valence-electron chi connectivity index (χ2n) is 8.91. The number of carbonyl (C=O) groups excluding carboxylic acids is 2. The molecule has 2 aliphatic rings. The van der Waals surface area contributed by atoms with Crippen LogP contribution in [0.4, 0.5) is 4.79 Å². The Morgan fingerprint density at radius 3 is 2.15 bits per heavy atom. The first-order valence-electron chi connectivity index (χ1n) is 11.6. The molecule has 3 N–H and O–H groups in total. The summed E-state index contributed by atoms with van der Waals surface area (Å²) >= 11 is 0. The fraction of sp³-hybridized carbons (Fsp3) is 0.423. The summed E-state index contributed by atoms with van der Waals surface area (Å²) in [6.45, 7) is 0.00592. The Labute approximate surface area is 198 Å². The van der Waals surface area contributed by atoms with Gasteiger partial charge in [-0.25, -0.2) is 9.59 Å². The number of benzene rings is 2. The van der Waals surface area contributed by atoms with E-state index in [1.165, 1.54) is 7.11 Å². The molecule has 1 unspecified atom stereocenters. The van der Waals surface area contributed by atoms with Crippen LogP contribution in [-0.4, -0.2) is 55.0 Å². The van der Waals surface area contributed by atoms with Gasteiger partial charge in [-0.15, -0.1) is 0 Å². The second-order valence-corrected chi connectivity index (χ2v) is 8.91. The monoisotopic (exact) mass is 466 g/mol. The number of amides is 2. The first-order valence-corrected chi connectivity index (χ1v) is 11.6. The number of fused-ring (bicyclic) bond motifs is 3. The van der Waals surface area contributed by atoms with E-state index in [0.29, 0.717) is 12.8 Å². The zero-order valence-corrected chi connectivity index (χ0v) is 19.2. The summed E-state index contributed by atoms with van der Waals surface area (Å²) in [6.07, 6.45) is 2.34.